The molecule has 0 aliphatic carbocycles. The molecular weight excluding hydrogens is 189 g/mol. The Hall–Kier alpha value is -0.110. The van der Waals surface area contributed by atoms with Crippen molar-refractivity contribution in [3.05, 3.63) is 0 Å². The van der Waals surface area contributed by atoms with Crippen LogP contribution in [0.5, 0.6) is 0 Å². The van der Waals surface area contributed by atoms with Crippen LogP contribution in [-0.2, 0) is 0 Å². The number of likely N-dealkylation sites (tertiary alicyclic amines) is 1. The van der Waals surface area contributed by atoms with Gasteiger partial charge in [0.2, 0.25) is 0 Å². The van der Waals surface area contributed by atoms with Crippen LogP contribution >= 0.6 is 0 Å². The minimum absolute atomic E-state index is 0.312. The quantitative estimate of drug-likeness (QED) is 0.696. The van der Waals surface area contributed by atoms with Crippen LogP contribution in [0.15, 0.2) is 0 Å². The second-order valence-corrected chi connectivity index (χ2v) is 6.06. The molecule has 0 radical (unpaired) electrons. The van der Waals surface area contributed by atoms with Crippen molar-refractivity contribution >= 4 is 0 Å². The predicted octanol–water partition coefficient (Wildman–Crippen LogP) is 3.49. The van der Waals surface area contributed by atoms with Gasteiger partial charge in [0, 0.05) is 6.54 Å². The van der Waals surface area contributed by atoms with Gasteiger partial charge in [-0.3, -0.25) is 0 Å². The second kappa shape index (κ2) is 5.29. The van der Waals surface area contributed by atoms with Crippen LogP contribution in [0.4, 0.5) is 4.39 Å². The molecular formula is C13H26FN. The van der Waals surface area contributed by atoms with Gasteiger partial charge in [-0.1, -0.05) is 27.7 Å². The zero-order valence-corrected chi connectivity index (χ0v) is 10.7. The van der Waals surface area contributed by atoms with Crippen LogP contribution in [0, 0.1) is 11.3 Å². The SMILES string of the molecule is CCN1CCC(CCC(C)(C)C)[C@H](F)C1. The van der Waals surface area contributed by atoms with E-state index in [4.69, 9.17) is 0 Å². The molecule has 0 spiro atoms. The van der Waals surface area contributed by atoms with E-state index in [2.05, 4.69) is 32.6 Å². The highest BCUT2D eigenvalue weighted by Crippen LogP contribution is 2.30. The lowest BCUT2D eigenvalue weighted by molar-refractivity contribution is 0.0774. The minimum atomic E-state index is -0.596. The van der Waals surface area contributed by atoms with Crippen molar-refractivity contribution < 1.29 is 4.39 Å². The molecule has 1 saturated heterocycles. The van der Waals surface area contributed by atoms with Crippen molar-refractivity contribution in [2.24, 2.45) is 11.3 Å². The molecule has 0 aromatic heterocycles. The number of halogens is 1. The average molecular weight is 215 g/mol. The van der Waals surface area contributed by atoms with Crippen LogP contribution in [-0.4, -0.2) is 30.7 Å². The molecule has 1 heterocycles. The topological polar surface area (TPSA) is 3.24 Å². The number of piperidine rings is 1. The fourth-order valence-corrected chi connectivity index (χ4v) is 2.25. The molecule has 0 amide bonds. The molecule has 2 atom stereocenters. The summed E-state index contributed by atoms with van der Waals surface area (Å²) >= 11 is 0. The molecule has 1 fully saturated rings. The number of hydrogen-bond acceptors (Lipinski definition) is 1. The molecule has 1 nitrogen and oxygen atoms in total. The zero-order chi connectivity index (χ0) is 11.5. The van der Waals surface area contributed by atoms with Gasteiger partial charge in [-0.2, -0.15) is 0 Å². The Morgan fingerprint density at radius 3 is 2.47 bits per heavy atom. The van der Waals surface area contributed by atoms with Crippen molar-refractivity contribution in [1.29, 1.82) is 0 Å². The third-order valence-electron chi connectivity index (χ3n) is 3.47. The normalized spacial score (nSPS) is 29.4. The molecule has 15 heavy (non-hydrogen) atoms. The van der Waals surface area contributed by atoms with E-state index in [1.165, 1.54) is 0 Å². The summed E-state index contributed by atoms with van der Waals surface area (Å²) in [6.07, 6.45) is 2.65. The molecule has 1 rings (SSSR count). The van der Waals surface area contributed by atoms with Gasteiger partial charge in [0.1, 0.15) is 6.17 Å². The maximum atomic E-state index is 13.8. The summed E-state index contributed by atoms with van der Waals surface area (Å²) in [6, 6.07) is 0. The lowest BCUT2D eigenvalue weighted by Crippen LogP contribution is -2.41. The number of rotatable bonds is 3. The number of hydrogen-bond donors (Lipinski definition) is 0. The number of nitrogens with zero attached hydrogens (tertiary/aromatic N) is 1. The molecule has 0 saturated carbocycles. The van der Waals surface area contributed by atoms with Gasteiger partial charge in [-0.05, 0) is 43.7 Å². The summed E-state index contributed by atoms with van der Waals surface area (Å²) in [5, 5.41) is 0. The molecule has 90 valence electrons. The van der Waals surface area contributed by atoms with E-state index in [0.29, 0.717) is 17.9 Å². The molecule has 2 heteroatoms. The maximum absolute atomic E-state index is 13.8. The summed E-state index contributed by atoms with van der Waals surface area (Å²) < 4.78 is 13.8. The Bertz CT molecular complexity index is 185. The molecule has 1 unspecified atom stereocenters. The van der Waals surface area contributed by atoms with Crippen molar-refractivity contribution in [3.63, 3.8) is 0 Å². The molecule has 0 N–H and O–H groups in total. The molecule has 0 aromatic rings. The fourth-order valence-electron chi connectivity index (χ4n) is 2.25. The lowest BCUT2D eigenvalue weighted by atomic mass is 9.82. The smallest absolute Gasteiger partial charge is 0.116 e. The maximum Gasteiger partial charge on any atom is 0.116 e. The summed E-state index contributed by atoms with van der Waals surface area (Å²) in [5.74, 6) is 0.312. The summed E-state index contributed by atoms with van der Waals surface area (Å²) in [4.78, 5) is 2.22. The third-order valence-corrected chi connectivity index (χ3v) is 3.47. The standard InChI is InChI=1S/C13H26FN/c1-5-15-9-7-11(12(14)10-15)6-8-13(2,3)4/h11-12H,5-10H2,1-4H3/t11?,12-/m1/s1. The van der Waals surface area contributed by atoms with Gasteiger partial charge in [-0.15, -0.1) is 0 Å². The first-order valence-electron chi connectivity index (χ1n) is 6.29. The van der Waals surface area contributed by atoms with E-state index < -0.39 is 6.17 Å². The van der Waals surface area contributed by atoms with E-state index in [-0.39, 0.29) is 0 Å². The van der Waals surface area contributed by atoms with E-state index in [1.54, 1.807) is 0 Å². The monoisotopic (exact) mass is 215 g/mol. The van der Waals surface area contributed by atoms with Crippen molar-refractivity contribution in [3.8, 4) is 0 Å². The van der Waals surface area contributed by atoms with E-state index in [9.17, 15) is 4.39 Å². The molecule has 0 aromatic carbocycles. The van der Waals surface area contributed by atoms with Crippen LogP contribution in [0.3, 0.4) is 0 Å². The van der Waals surface area contributed by atoms with Crippen molar-refractivity contribution in [1.82, 2.24) is 4.90 Å². The molecule has 1 aliphatic heterocycles. The number of alkyl halides is 1. The van der Waals surface area contributed by atoms with E-state index in [1.807, 2.05) is 0 Å². The van der Waals surface area contributed by atoms with Crippen molar-refractivity contribution in [2.75, 3.05) is 19.6 Å². The highest BCUT2D eigenvalue weighted by atomic mass is 19.1. The largest absolute Gasteiger partial charge is 0.301 e. The average Bonchev–Trinajstić information content (AvgIpc) is 2.14. The minimum Gasteiger partial charge on any atom is -0.301 e. The third kappa shape index (κ3) is 4.50. The van der Waals surface area contributed by atoms with E-state index in [0.717, 1.165) is 32.4 Å². The molecule has 1 aliphatic rings. The fraction of sp³-hybridized carbons (Fsp3) is 1.00. The van der Waals surface area contributed by atoms with Crippen LogP contribution < -0.4 is 0 Å². The van der Waals surface area contributed by atoms with Gasteiger partial charge < -0.3 is 4.90 Å². The van der Waals surface area contributed by atoms with Crippen LogP contribution in [0.25, 0.3) is 0 Å². The summed E-state index contributed by atoms with van der Waals surface area (Å²) in [5.41, 5.74) is 0.349. The Balaban J connectivity index is 2.32. The Morgan fingerprint density at radius 1 is 1.33 bits per heavy atom. The van der Waals surface area contributed by atoms with Gasteiger partial charge in [0.05, 0.1) is 0 Å². The Labute approximate surface area is 94.0 Å². The summed E-state index contributed by atoms with van der Waals surface area (Å²) in [6.45, 7) is 11.6. The van der Waals surface area contributed by atoms with Crippen molar-refractivity contribution in [2.45, 2.75) is 53.1 Å². The van der Waals surface area contributed by atoms with Gasteiger partial charge in [0.25, 0.3) is 0 Å². The van der Waals surface area contributed by atoms with Crippen LogP contribution in [0.1, 0.15) is 47.0 Å². The first-order valence-corrected chi connectivity index (χ1v) is 6.29. The van der Waals surface area contributed by atoms with E-state index >= 15 is 0 Å². The molecule has 0 bridgehead atoms. The van der Waals surface area contributed by atoms with Gasteiger partial charge in [-0.25, -0.2) is 4.39 Å². The lowest BCUT2D eigenvalue weighted by Gasteiger charge is -2.35. The van der Waals surface area contributed by atoms with Gasteiger partial charge >= 0.3 is 0 Å². The first kappa shape index (κ1) is 13.0. The Morgan fingerprint density at radius 2 is 2.00 bits per heavy atom. The zero-order valence-electron chi connectivity index (χ0n) is 10.7. The first-order chi connectivity index (χ1) is 6.92. The van der Waals surface area contributed by atoms with Gasteiger partial charge in [0.15, 0.2) is 0 Å². The van der Waals surface area contributed by atoms with Crippen LogP contribution in [0.2, 0.25) is 0 Å². The highest BCUT2D eigenvalue weighted by molar-refractivity contribution is 4.81. The second-order valence-electron chi connectivity index (χ2n) is 6.06. The summed E-state index contributed by atoms with van der Waals surface area (Å²) in [7, 11) is 0. The Kier molecular flexibility index (Phi) is 4.57. The predicted molar refractivity (Wildman–Crippen MR) is 63.8 cm³/mol. The highest BCUT2D eigenvalue weighted by Gasteiger charge is 2.29.